The van der Waals surface area contributed by atoms with Gasteiger partial charge in [0.1, 0.15) is 0 Å². The number of carbonyl (C=O) groups is 1. The molecule has 1 aromatic carbocycles. The van der Waals surface area contributed by atoms with Crippen LogP contribution in [-0.2, 0) is 0 Å². The predicted octanol–water partition coefficient (Wildman–Crippen LogP) is 2.50. The molecule has 1 atom stereocenters. The molecule has 0 aromatic heterocycles. The highest BCUT2D eigenvalue weighted by atomic mass is 16.4. The molecule has 0 saturated heterocycles. The first-order valence-electron chi connectivity index (χ1n) is 5.56. The van der Waals surface area contributed by atoms with Gasteiger partial charge in [-0.25, -0.2) is 4.79 Å². The number of amides is 1. The van der Waals surface area contributed by atoms with Crippen LogP contribution in [0.5, 0.6) is 0 Å². The second-order valence-corrected chi connectivity index (χ2v) is 4.93. The molecular weight excluding hydrogens is 218 g/mol. The molecular formula is C13H19NO3. The Morgan fingerprint density at radius 1 is 1.29 bits per heavy atom. The molecule has 4 heteroatoms. The number of carboxylic acid groups (broad SMARTS) is 1. The van der Waals surface area contributed by atoms with Gasteiger partial charge in [0.2, 0.25) is 0 Å². The molecule has 1 aromatic rings. The van der Waals surface area contributed by atoms with E-state index in [4.69, 9.17) is 0 Å². The van der Waals surface area contributed by atoms with Gasteiger partial charge in [0, 0.05) is 5.54 Å². The third-order valence-corrected chi connectivity index (χ3v) is 2.60. The van der Waals surface area contributed by atoms with Crippen LogP contribution >= 0.6 is 0 Å². The Morgan fingerprint density at radius 2 is 1.82 bits per heavy atom. The molecule has 4 nitrogen and oxygen atoms in total. The zero-order chi connectivity index (χ0) is 13.1. The Balaban J connectivity index is 3.11. The average molecular weight is 237 g/mol. The summed E-state index contributed by atoms with van der Waals surface area (Å²) in [5, 5.41) is 18.7. The average Bonchev–Trinajstić information content (AvgIpc) is 2.24. The highest BCUT2D eigenvalue weighted by Gasteiger charge is 2.33. The van der Waals surface area contributed by atoms with Crippen molar-refractivity contribution in [3.63, 3.8) is 0 Å². The third-order valence-electron chi connectivity index (χ3n) is 2.60. The summed E-state index contributed by atoms with van der Waals surface area (Å²) in [6, 6.07) is 8.64. The second-order valence-electron chi connectivity index (χ2n) is 4.93. The molecule has 1 rings (SSSR count). The van der Waals surface area contributed by atoms with Gasteiger partial charge in [-0.15, -0.1) is 0 Å². The van der Waals surface area contributed by atoms with Crippen molar-refractivity contribution < 1.29 is 15.0 Å². The monoisotopic (exact) mass is 237 g/mol. The van der Waals surface area contributed by atoms with Gasteiger partial charge in [-0.2, -0.15) is 0 Å². The first-order valence-corrected chi connectivity index (χ1v) is 5.56. The van der Waals surface area contributed by atoms with Crippen LogP contribution < -0.4 is 0 Å². The maximum atomic E-state index is 11.3. The van der Waals surface area contributed by atoms with E-state index < -0.39 is 17.7 Å². The molecule has 0 bridgehead atoms. The summed E-state index contributed by atoms with van der Waals surface area (Å²) < 4.78 is 0. The number of aliphatic hydroxyl groups is 1. The van der Waals surface area contributed by atoms with Gasteiger partial charge in [0.25, 0.3) is 0 Å². The standard InChI is InChI=1S/C13H19NO3/c1-13(2,3)14(12(16)17)11(9-15)10-7-5-4-6-8-10/h4-8,11,15H,9H2,1-3H3,(H,16,17)/t11-/m1/s1. The van der Waals surface area contributed by atoms with Crippen LogP contribution in [0.3, 0.4) is 0 Å². The lowest BCUT2D eigenvalue weighted by Crippen LogP contribution is -2.48. The van der Waals surface area contributed by atoms with Crippen LogP contribution in [0.2, 0.25) is 0 Å². The molecule has 0 aliphatic rings. The fraction of sp³-hybridized carbons (Fsp3) is 0.462. The lowest BCUT2D eigenvalue weighted by Gasteiger charge is -2.39. The van der Waals surface area contributed by atoms with E-state index in [0.29, 0.717) is 0 Å². The maximum Gasteiger partial charge on any atom is 0.408 e. The van der Waals surface area contributed by atoms with Crippen molar-refractivity contribution in [2.75, 3.05) is 6.61 Å². The molecule has 0 saturated carbocycles. The Morgan fingerprint density at radius 3 is 2.18 bits per heavy atom. The number of aliphatic hydroxyl groups excluding tert-OH is 1. The van der Waals surface area contributed by atoms with Crippen LogP contribution in [0.15, 0.2) is 30.3 Å². The Labute approximate surface area is 101 Å². The maximum absolute atomic E-state index is 11.3. The summed E-state index contributed by atoms with van der Waals surface area (Å²) in [5.41, 5.74) is 0.238. The molecule has 0 fully saturated rings. The summed E-state index contributed by atoms with van der Waals surface area (Å²) >= 11 is 0. The van der Waals surface area contributed by atoms with Crippen molar-refractivity contribution >= 4 is 6.09 Å². The lowest BCUT2D eigenvalue weighted by atomic mass is 9.99. The molecule has 0 heterocycles. The molecule has 0 aliphatic carbocycles. The molecule has 94 valence electrons. The largest absolute Gasteiger partial charge is 0.465 e. The fourth-order valence-electron chi connectivity index (χ4n) is 1.90. The van der Waals surface area contributed by atoms with Crippen molar-refractivity contribution in [2.45, 2.75) is 32.4 Å². The quantitative estimate of drug-likeness (QED) is 0.849. The molecule has 0 spiro atoms. The smallest absolute Gasteiger partial charge is 0.408 e. The van der Waals surface area contributed by atoms with E-state index in [0.717, 1.165) is 5.56 Å². The SMILES string of the molecule is CC(C)(C)N(C(=O)O)[C@H](CO)c1ccccc1. The van der Waals surface area contributed by atoms with E-state index in [1.807, 2.05) is 51.1 Å². The summed E-state index contributed by atoms with van der Waals surface area (Å²) in [6.07, 6.45) is -1.03. The van der Waals surface area contributed by atoms with Gasteiger partial charge in [0.05, 0.1) is 12.6 Å². The van der Waals surface area contributed by atoms with Crippen molar-refractivity contribution in [3.05, 3.63) is 35.9 Å². The molecule has 17 heavy (non-hydrogen) atoms. The summed E-state index contributed by atoms with van der Waals surface area (Å²) in [6.45, 7) is 5.21. The summed E-state index contributed by atoms with van der Waals surface area (Å²) in [5.74, 6) is 0. The van der Waals surface area contributed by atoms with Crippen molar-refractivity contribution in [1.82, 2.24) is 4.90 Å². The Kier molecular flexibility index (Phi) is 4.12. The van der Waals surface area contributed by atoms with E-state index in [1.165, 1.54) is 4.90 Å². The molecule has 0 aliphatic heterocycles. The molecule has 0 unspecified atom stereocenters. The van der Waals surface area contributed by atoms with E-state index in [-0.39, 0.29) is 6.61 Å². The van der Waals surface area contributed by atoms with Crippen molar-refractivity contribution in [2.24, 2.45) is 0 Å². The van der Waals surface area contributed by atoms with Gasteiger partial charge in [-0.05, 0) is 26.3 Å². The normalized spacial score (nSPS) is 13.2. The van der Waals surface area contributed by atoms with E-state index in [9.17, 15) is 15.0 Å². The van der Waals surface area contributed by atoms with Gasteiger partial charge < -0.3 is 10.2 Å². The highest BCUT2D eigenvalue weighted by Crippen LogP contribution is 2.27. The van der Waals surface area contributed by atoms with Gasteiger partial charge >= 0.3 is 6.09 Å². The van der Waals surface area contributed by atoms with E-state index in [1.54, 1.807) is 0 Å². The number of nitrogens with zero attached hydrogens (tertiary/aromatic N) is 1. The zero-order valence-electron chi connectivity index (χ0n) is 10.4. The fourth-order valence-corrected chi connectivity index (χ4v) is 1.90. The highest BCUT2D eigenvalue weighted by molar-refractivity contribution is 5.67. The van der Waals surface area contributed by atoms with E-state index in [2.05, 4.69) is 0 Å². The van der Waals surface area contributed by atoms with Crippen LogP contribution in [0.4, 0.5) is 4.79 Å². The molecule has 1 amide bonds. The number of hydrogen-bond donors (Lipinski definition) is 2. The minimum absolute atomic E-state index is 0.229. The van der Waals surface area contributed by atoms with Crippen molar-refractivity contribution in [3.8, 4) is 0 Å². The van der Waals surface area contributed by atoms with Gasteiger partial charge in [-0.3, -0.25) is 4.90 Å². The van der Waals surface area contributed by atoms with E-state index >= 15 is 0 Å². The predicted molar refractivity (Wildman–Crippen MR) is 65.9 cm³/mol. The second kappa shape index (κ2) is 5.19. The molecule has 2 N–H and O–H groups in total. The molecule has 0 radical (unpaired) electrons. The Hall–Kier alpha value is -1.55. The van der Waals surface area contributed by atoms with Gasteiger partial charge in [0.15, 0.2) is 0 Å². The van der Waals surface area contributed by atoms with Gasteiger partial charge in [-0.1, -0.05) is 30.3 Å². The zero-order valence-corrected chi connectivity index (χ0v) is 10.4. The van der Waals surface area contributed by atoms with Crippen LogP contribution in [0.25, 0.3) is 0 Å². The Bertz CT molecular complexity index is 370. The first kappa shape index (κ1) is 13.5. The van der Waals surface area contributed by atoms with Crippen LogP contribution in [0.1, 0.15) is 32.4 Å². The number of hydrogen-bond acceptors (Lipinski definition) is 2. The summed E-state index contributed by atoms with van der Waals surface area (Å²) in [7, 11) is 0. The van der Waals surface area contributed by atoms with Crippen molar-refractivity contribution in [1.29, 1.82) is 0 Å². The lowest BCUT2D eigenvalue weighted by molar-refractivity contribution is 0.0458. The third kappa shape index (κ3) is 3.20. The van der Waals surface area contributed by atoms with Crippen LogP contribution in [-0.4, -0.2) is 33.4 Å². The number of benzene rings is 1. The number of rotatable bonds is 3. The summed E-state index contributed by atoms with van der Waals surface area (Å²) in [4.78, 5) is 12.6. The topological polar surface area (TPSA) is 60.8 Å². The minimum atomic E-state index is -1.03. The van der Waals surface area contributed by atoms with Crippen LogP contribution in [0, 0.1) is 0 Å². The first-order chi connectivity index (χ1) is 7.88. The minimum Gasteiger partial charge on any atom is -0.465 e.